The number of rotatable bonds is 4. The minimum Gasteiger partial charge on any atom is -0.423 e. The van der Waals surface area contributed by atoms with E-state index in [1.54, 1.807) is 12.1 Å². The maximum absolute atomic E-state index is 11.5. The first-order valence-electron chi connectivity index (χ1n) is 10.1. The van der Waals surface area contributed by atoms with Crippen LogP contribution in [0.2, 0.25) is 0 Å². The molecule has 6 atom stereocenters. The van der Waals surface area contributed by atoms with Crippen molar-refractivity contribution in [1.82, 2.24) is 0 Å². The summed E-state index contributed by atoms with van der Waals surface area (Å²) < 4.78 is 28.7. The highest BCUT2D eigenvalue weighted by atomic mass is 16.7. The Morgan fingerprint density at radius 3 is 2.68 bits per heavy atom. The molecule has 3 aromatic rings. The van der Waals surface area contributed by atoms with Gasteiger partial charge in [0.05, 0.1) is 6.61 Å². The SMILES string of the molecule is COC1OC2COC(c3ccccc3)OC2C(O)C1Nc1ccc2ccc(=O)oc2c1. The average Bonchev–Trinajstić information content (AvgIpc) is 2.81. The Hall–Kier alpha value is -2.75. The fourth-order valence-electron chi connectivity index (χ4n) is 4.07. The first kappa shape index (κ1) is 20.2. The highest BCUT2D eigenvalue weighted by molar-refractivity contribution is 5.80. The number of anilines is 1. The molecule has 1 aromatic heterocycles. The number of aliphatic hydroxyl groups is 1. The monoisotopic (exact) mass is 425 g/mol. The van der Waals surface area contributed by atoms with Crippen LogP contribution in [0.15, 0.2) is 69.9 Å². The zero-order valence-electron chi connectivity index (χ0n) is 16.8. The quantitative estimate of drug-likeness (QED) is 0.615. The molecule has 8 nitrogen and oxygen atoms in total. The van der Waals surface area contributed by atoms with Gasteiger partial charge in [-0.05, 0) is 18.2 Å². The van der Waals surface area contributed by atoms with E-state index in [0.717, 1.165) is 10.9 Å². The molecule has 0 saturated carbocycles. The Morgan fingerprint density at radius 1 is 1.06 bits per heavy atom. The van der Waals surface area contributed by atoms with Gasteiger partial charge in [0.2, 0.25) is 0 Å². The van der Waals surface area contributed by atoms with Gasteiger partial charge in [0.15, 0.2) is 12.6 Å². The topological polar surface area (TPSA) is 99.4 Å². The summed E-state index contributed by atoms with van der Waals surface area (Å²) in [7, 11) is 1.52. The summed E-state index contributed by atoms with van der Waals surface area (Å²) in [5.74, 6) is 0. The first-order chi connectivity index (χ1) is 15.1. The highest BCUT2D eigenvalue weighted by Gasteiger charge is 2.49. The zero-order chi connectivity index (χ0) is 21.4. The maximum atomic E-state index is 11.5. The summed E-state index contributed by atoms with van der Waals surface area (Å²) >= 11 is 0. The van der Waals surface area contributed by atoms with Crippen molar-refractivity contribution in [3.05, 3.63) is 76.6 Å². The molecule has 31 heavy (non-hydrogen) atoms. The van der Waals surface area contributed by atoms with Gasteiger partial charge in [-0.2, -0.15) is 0 Å². The van der Waals surface area contributed by atoms with Gasteiger partial charge in [-0.1, -0.05) is 30.3 Å². The van der Waals surface area contributed by atoms with Crippen LogP contribution in [-0.2, 0) is 18.9 Å². The van der Waals surface area contributed by atoms with Crippen molar-refractivity contribution in [3.8, 4) is 0 Å². The fraction of sp³-hybridized carbons (Fsp3) is 0.348. The van der Waals surface area contributed by atoms with Crippen molar-refractivity contribution in [2.45, 2.75) is 36.9 Å². The van der Waals surface area contributed by atoms with E-state index in [9.17, 15) is 9.90 Å². The van der Waals surface area contributed by atoms with Crippen molar-refractivity contribution in [1.29, 1.82) is 0 Å². The highest BCUT2D eigenvalue weighted by Crippen LogP contribution is 2.35. The molecule has 162 valence electrons. The molecular weight excluding hydrogens is 402 g/mol. The van der Waals surface area contributed by atoms with E-state index in [0.29, 0.717) is 11.3 Å². The molecule has 0 aliphatic carbocycles. The van der Waals surface area contributed by atoms with Crippen molar-refractivity contribution < 1.29 is 28.5 Å². The van der Waals surface area contributed by atoms with Gasteiger partial charge in [-0.15, -0.1) is 0 Å². The Kier molecular flexibility index (Phi) is 5.47. The summed E-state index contributed by atoms with van der Waals surface area (Å²) in [4.78, 5) is 11.5. The van der Waals surface area contributed by atoms with E-state index in [4.69, 9.17) is 23.4 Å². The smallest absolute Gasteiger partial charge is 0.336 e. The average molecular weight is 425 g/mol. The van der Waals surface area contributed by atoms with Crippen LogP contribution in [0, 0.1) is 0 Å². The number of aliphatic hydroxyl groups excluding tert-OH is 1. The second-order valence-electron chi connectivity index (χ2n) is 7.62. The molecule has 2 fully saturated rings. The van der Waals surface area contributed by atoms with Crippen molar-refractivity contribution in [2.75, 3.05) is 19.0 Å². The molecule has 2 saturated heterocycles. The molecule has 3 heterocycles. The van der Waals surface area contributed by atoms with E-state index >= 15 is 0 Å². The number of ether oxygens (including phenoxy) is 4. The third kappa shape index (κ3) is 3.96. The number of benzene rings is 2. The van der Waals surface area contributed by atoms with Crippen LogP contribution >= 0.6 is 0 Å². The van der Waals surface area contributed by atoms with E-state index < -0.39 is 42.6 Å². The van der Waals surface area contributed by atoms with Crippen LogP contribution in [0.5, 0.6) is 0 Å². The zero-order valence-corrected chi connectivity index (χ0v) is 16.8. The van der Waals surface area contributed by atoms with Crippen molar-refractivity contribution in [3.63, 3.8) is 0 Å². The fourth-order valence-corrected chi connectivity index (χ4v) is 4.07. The molecule has 0 spiro atoms. The molecule has 2 aliphatic rings. The standard InChI is InChI=1S/C23H23NO7/c1-27-23-19(24-15-9-7-13-8-10-18(25)29-16(13)11-15)20(26)21-17(30-23)12-28-22(31-21)14-5-3-2-4-6-14/h2-11,17,19-24,26H,12H2,1H3. The third-order valence-corrected chi connectivity index (χ3v) is 5.63. The van der Waals surface area contributed by atoms with Crippen molar-refractivity contribution >= 4 is 16.7 Å². The van der Waals surface area contributed by atoms with Crippen LogP contribution in [-0.4, -0.2) is 49.5 Å². The van der Waals surface area contributed by atoms with E-state index in [1.165, 1.54) is 13.2 Å². The summed E-state index contributed by atoms with van der Waals surface area (Å²) in [6, 6.07) is 17.4. The molecule has 0 bridgehead atoms. The summed E-state index contributed by atoms with van der Waals surface area (Å²) in [5, 5.41) is 15.2. The van der Waals surface area contributed by atoms with Gasteiger partial charge in [0, 0.05) is 35.9 Å². The van der Waals surface area contributed by atoms with Crippen LogP contribution < -0.4 is 10.9 Å². The molecule has 5 rings (SSSR count). The Balaban J connectivity index is 1.38. The van der Waals surface area contributed by atoms with Gasteiger partial charge in [0.25, 0.3) is 0 Å². The lowest BCUT2D eigenvalue weighted by Crippen LogP contribution is -2.64. The maximum Gasteiger partial charge on any atom is 0.336 e. The molecule has 6 unspecified atom stereocenters. The lowest BCUT2D eigenvalue weighted by atomic mass is 9.95. The lowest BCUT2D eigenvalue weighted by molar-refractivity contribution is -0.337. The second kappa shape index (κ2) is 8.41. The largest absolute Gasteiger partial charge is 0.423 e. The Bertz CT molecular complexity index is 1100. The predicted octanol–water partition coefficient (Wildman–Crippen LogP) is 2.42. The summed E-state index contributed by atoms with van der Waals surface area (Å²) in [5.41, 5.74) is 1.55. The van der Waals surface area contributed by atoms with Crippen molar-refractivity contribution in [2.24, 2.45) is 0 Å². The van der Waals surface area contributed by atoms with Gasteiger partial charge in [-0.3, -0.25) is 0 Å². The van der Waals surface area contributed by atoms with E-state index in [1.807, 2.05) is 42.5 Å². The molecule has 8 heteroatoms. The predicted molar refractivity (Wildman–Crippen MR) is 112 cm³/mol. The number of hydrogen-bond donors (Lipinski definition) is 2. The third-order valence-electron chi connectivity index (χ3n) is 5.63. The van der Waals surface area contributed by atoms with Gasteiger partial charge in [0.1, 0.15) is 29.9 Å². The molecule has 0 radical (unpaired) electrons. The molecule has 2 aliphatic heterocycles. The first-order valence-corrected chi connectivity index (χ1v) is 10.1. The second-order valence-corrected chi connectivity index (χ2v) is 7.62. The van der Waals surface area contributed by atoms with Crippen LogP contribution in [0.4, 0.5) is 5.69 Å². The van der Waals surface area contributed by atoms with E-state index in [-0.39, 0.29) is 6.61 Å². The normalized spacial score (nSPS) is 30.6. The van der Waals surface area contributed by atoms with Crippen LogP contribution in [0.25, 0.3) is 11.0 Å². The summed E-state index contributed by atoms with van der Waals surface area (Å²) in [6.45, 7) is 0.273. The Labute approximate surface area is 178 Å². The molecular formula is C23H23NO7. The van der Waals surface area contributed by atoms with Gasteiger partial charge < -0.3 is 33.8 Å². The van der Waals surface area contributed by atoms with Crippen LogP contribution in [0.1, 0.15) is 11.9 Å². The minimum absolute atomic E-state index is 0.273. The van der Waals surface area contributed by atoms with Gasteiger partial charge >= 0.3 is 5.63 Å². The lowest BCUT2D eigenvalue weighted by Gasteiger charge is -2.47. The Morgan fingerprint density at radius 2 is 1.87 bits per heavy atom. The number of methoxy groups -OCH3 is 1. The molecule has 2 aromatic carbocycles. The van der Waals surface area contributed by atoms with E-state index in [2.05, 4.69) is 5.32 Å². The molecule has 0 amide bonds. The minimum atomic E-state index is -0.933. The number of hydrogen-bond acceptors (Lipinski definition) is 8. The van der Waals surface area contributed by atoms with Gasteiger partial charge in [-0.25, -0.2) is 4.79 Å². The number of nitrogens with one attached hydrogen (secondary N) is 1. The molecule has 2 N–H and O–H groups in total. The van der Waals surface area contributed by atoms with Crippen LogP contribution in [0.3, 0.4) is 0 Å². The summed E-state index contributed by atoms with van der Waals surface area (Å²) in [6.07, 6.45) is -3.32. The number of fused-ring (bicyclic) bond motifs is 2.